The van der Waals surface area contributed by atoms with Crippen LogP contribution in [0.1, 0.15) is 47.0 Å². The first-order valence-corrected chi connectivity index (χ1v) is 7.18. The molecule has 1 fully saturated rings. The number of alkyl carbamates (subject to hydrolysis) is 1. The van der Waals surface area contributed by atoms with Gasteiger partial charge in [0.15, 0.2) is 0 Å². The molecule has 0 aromatic rings. The minimum Gasteiger partial charge on any atom is -0.481 e. The maximum Gasteiger partial charge on any atom is 0.407 e. The van der Waals surface area contributed by atoms with Gasteiger partial charge in [0.2, 0.25) is 0 Å². The van der Waals surface area contributed by atoms with Gasteiger partial charge in [-0.3, -0.25) is 4.79 Å². The maximum absolute atomic E-state index is 11.8. The van der Waals surface area contributed by atoms with E-state index in [0.717, 1.165) is 13.0 Å². The largest absolute Gasteiger partial charge is 0.481 e. The lowest BCUT2D eigenvalue weighted by Crippen LogP contribution is -2.54. The molecule has 0 spiro atoms. The van der Waals surface area contributed by atoms with Crippen LogP contribution in [0.4, 0.5) is 4.79 Å². The van der Waals surface area contributed by atoms with Crippen molar-refractivity contribution in [3.63, 3.8) is 0 Å². The molecule has 0 saturated heterocycles. The molecule has 1 saturated carbocycles. The van der Waals surface area contributed by atoms with Gasteiger partial charge in [-0.05, 0) is 46.6 Å². The molecular weight excluding hydrogens is 260 g/mol. The minimum atomic E-state index is -0.795. The van der Waals surface area contributed by atoms with Crippen molar-refractivity contribution in [1.82, 2.24) is 10.6 Å². The molecule has 0 unspecified atom stereocenters. The molecule has 0 aliphatic heterocycles. The average Bonchev–Trinajstić information content (AvgIpc) is 2.28. The topological polar surface area (TPSA) is 87.7 Å². The number of aliphatic carboxylic acids is 1. The van der Waals surface area contributed by atoms with E-state index in [-0.39, 0.29) is 12.1 Å². The van der Waals surface area contributed by atoms with Gasteiger partial charge in [-0.2, -0.15) is 0 Å². The van der Waals surface area contributed by atoms with E-state index < -0.39 is 23.6 Å². The van der Waals surface area contributed by atoms with Gasteiger partial charge in [-0.15, -0.1) is 0 Å². The first-order chi connectivity index (χ1) is 9.23. The molecule has 1 amide bonds. The van der Waals surface area contributed by atoms with Gasteiger partial charge in [0.1, 0.15) is 5.60 Å². The summed E-state index contributed by atoms with van der Waals surface area (Å²) in [5.74, 6) is -1.19. The Kier molecular flexibility index (Phi) is 5.80. The Morgan fingerprint density at radius 1 is 1.25 bits per heavy atom. The summed E-state index contributed by atoms with van der Waals surface area (Å²) in [4.78, 5) is 23.0. The average molecular weight is 286 g/mol. The predicted octanol–water partition coefficient (Wildman–Crippen LogP) is 1.74. The Morgan fingerprint density at radius 2 is 1.90 bits per heavy atom. The number of carboxylic acid groups (broad SMARTS) is 1. The number of amides is 1. The van der Waals surface area contributed by atoms with Crippen LogP contribution < -0.4 is 10.6 Å². The zero-order chi connectivity index (χ0) is 15.3. The van der Waals surface area contributed by atoms with Crippen LogP contribution in [0.5, 0.6) is 0 Å². The van der Waals surface area contributed by atoms with E-state index in [1.54, 1.807) is 20.8 Å². The summed E-state index contributed by atoms with van der Waals surface area (Å²) < 4.78 is 5.24. The number of ether oxygens (including phenoxy) is 1. The van der Waals surface area contributed by atoms with E-state index in [4.69, 9.17) is 9.84 Å². The highest BCUT2D eigenvalue weighted by molar-refractivity contribution is 5.71. The third kappa shape index (κ3) is 5.36. The van der Waals surface area contributed by atoms with Crippen molar-refractivity contribution in [1.29, 1.82) is 0 Å². The minimum absolute atomic E-state index is 0.100. The third-order valence-electron chi connectivity index (χ3n) is 3.37. The van der Waals surface area contributed by atoms with Crippen molar-refractivity contribution < 1.29 is 19.4 Å². The molecule has 3 atom stereocenters. The second-order valence-electron chi connectivity index (χ2n) is 6.27. The van der Waals surface area contributed by atoms with Crippen molar-refractivity contribution in [3.8, 4) is 0 Å². The van der Waals surface area contributed by atoms with Crippen LogP contribution in [0.25, 0.3) is 0 Å². The molecule has 116 valence electrons. The van der Waals surface area contributed by atoms with E-state index in [0.29, 0.717) is 12.8 Å². The van der Waals surface area contributed by atoms with Gasteiger partial charge in [-0.25, -0.2) is 4.79 Å². The molecule has 6 nitrogen and oxygen atoms in total. The van der Waals surface area contributed by atoms with Crippen LogP contribution in [0.2, 0.25) is 0 Å². The fraction of sp³-hybridized carbons (Fsp3) is 0.857. The molecular formula is C14H26N2O4. The molecule has 1 aliphatic carbocycles. The highest BCUT2D eigenvalue weighted by atomic mass is 16.6. The van der Waals surface area contributed by atoms with Crippen LogP contribution in [0.3, 0.4) is 0 Å². The highest BCUT2D eigenvalue weighted by Gasteiger charge is 2.35. The Morgan fingerprint density at radius 3 is 2.40 bits per heavy atom. The van der Waals surface area contributed by atoms with Gasteiger partial charge in [-0.1, -0.05) is 6.92 Å². The number of likely N-dealkylation sites (N-methyl/N-ethyl adjacent to an activating group) is 1. The highest BCUT2D eigenvalue weighted by Crippen LogP contribution is 2.25. The van der Waals surface area contributed by atoms with Gasteiger partial charge >= 0.3 is 12.1 Å². The molecule has 0 heterocycles. The summed E-state index contributed by atoms with van der Waals surface area (Å²) in [6, 6.07) is -0.109. The summed E-state index contributed by atoms with van der Waals surface area (Å²) in [6.07, 6.45) is 1.33. The number of carboxylic acids is 1. The summed E-state index contributed by atoms with van der Waals surface area (Å²) in [6.45, 7) is 8.18. The van der Waals surface area contributed by atoms with E-state index in [9.17, 15) is 9.59 Å². The standard InChI is InChI=1S/C14H26N2O4/c1-5-15-10-7-6-9(12(17)18)8-11(10)16-13(19)20-14(2,3)4/h9-11,15H,5-8H2,1-4H3,(H,16,19)(H,17,18)/t9-,10-,11+/m0/s1. The molecule has 0 bridgehead atoms. The molecule has 1 aliphatic rings. The number of nitrogens with one attached hydrogen (secondary N) is 2. The van der Waals surface area contributed by atoms with Gasteiger partial charge < -0.3 is 20.5 Å². The molecule has 1 rings (SSSR count). The number of carbonyl (C=O) groups is 2. The summed E-state index contributed by atoms with van der Waals surface area (Å²) in [5, 5.41) is 15.2. The fourth-order valence-electron chi connectivity index (χ4n) is 2.52. The fourth-order valence-corrected chi connectivity index (χ4v) is 2.52. The quantitative estimate of drug-likeness (QED) is 0.732. The third-order valence-corrected chi connectivity index (χ3v) is 3.37. The monoisotopic (exact) mass is 286 g/mol. The SMILES string of the molecule is CCN[C@H]1CC[C@H](C(=O)O)C[C@H]1NC(=O)OC(C)(C)C. The summed E-state index contributed by atoms with van der Waals surface area (Å²) >= 11 is 0. The Bertz CT molecular complexity index is 352. The lowest BCUT2D eigenvalue weighted by Gasteiger charge is -2.35. The van der Waals surface area contributed by atoms with E-state index in [1.165, 1.54) is 0 Å². The number of hydrogen-bond donors (Lipinski definition) is 3. The Labute approximate surface area is 120 Å². The zero-order valence-corrected chi connectivity index (χ0v) is 12.7. The second-order valence-corrected chi connectivity index (χ2v) is 6.27. The molecule has 20 heavy (non-hydrogen) atoms. The van der Waals surface area contributed by atoms with Crippen molar-refractivity contribution in [2.75, 3.05) is 6.54 Å². The van der Waals surface area contributed by atoms with E-state index in [2.05, 4.69) is 10.6 Å². The van der Waals surface area contributed by atoms with Crippen molar-refractivity contribution in [2.24, 2.45) is 5.92 Å². The van der Waals surface area contributed by atoms with Crippen LogP contribution in [0, 0.1) is 5.92 Å². The molecule has 6 heteroatoms. The molecule has 3 N–H and O–H groups in total. The zero-order valence-electron chi connectivity index (χ0n) is 12.7. The van der Waals surface area contributed by atoms with Crippen LogP contribution in [0.15, 0.2) is 0 Å². The second kappa shape index (κ2) is 6.92. The van der Waals surface area contributed by atoms with Crippen molar-refractivity contribution in [2.45, 2.75) is 64.6 Å². The van der Waals surface area contributed by atoms with Gasteiger partial charge in [0.25, 0.3) is 0 Å². The molecule has 0 radical (unpaired) electrons. The summed E-state index contributed by atoms with van der Waals surface area (Å²) in [7, 11) is 0. The lowest BCUT2D eigenvalue weighted by molar-refractivity contribution is -0.143. The van der Waals surface area contributed by atoms with E-state index >= 15 is 0 Å². The normalized spacial score (nSPS) is 26.9. The lowest BCUT2D eigenvalue weighted by atomic mass is 9.82. The van der Waals surface area contributed by atoms with Crippen LogP contribution in [-0.4, -0.2) is 41.4 Å². The maximum atomic E-state index is 11.8. The van der Waals surface area contributed by atoms with Crippen molar-refractivity contribution >= 4 is 12.1 Å². The molecule has 0 aromatic heterocycles. The predicted molar refractivity (Wildman–Crippen MR) is 75.6 cm³/mol. The first-order valence-electron chi connectivity index (χ1n) is 7.18. The number of hydrogen-bond acceptors (Lipinski definition) is 4. The van der Waals surface area contributed by atoms with Gasteiger partial charge in [0.05, 0.1) is 5.92 Å². The Balaban J connectivity index is 2.64. The van der Waals surface area contributed by atoms with Crippen molar-refractivity contribution in [3.05, 3.63) is 0 Å². The number of carbonyl (C=O) groups excluding carboxylic acids is 1. The molecule has 0 aromatic carbocycles. The van der Waals surface area contributed by atoms with Gasteiger partial charge in [0, 0.05) is 12.1 Å². The number of rotatable bonds is 4. The van der Waals surface area contributed by atoms with Crippen LogP contribution in [-0.2, 0) is 9.53 Å². The van der Waals surface area contributed by atoms with Crippen LogP contribution >= 0.6 is 0 Å². The smallest absolute Gasteiger partial charge is 0.407 e. The Hall–Kier alpha value is -1.30. The summed E-state index contributed by atoms with van der Waals surface area (Å²) in [5.41, 5.74) is -0.557. The first kappa shape index (κ1) is 16.8. The van der Waals surface area contributed by atoms with E-state index in [1.807, 2.05) is 6.92 Å².